The van der Waals surface area contributed by atoms with E-state index < -0.39 is 0 Å². The van der Waals surface area contributed by atoms with E-state index >= 15 is 0 Å². The van der Waals surface area contributed by atoms with Crippen LogP contribution in [0.4, 0.5) is 17.1 Å². The lowest BCUT2D eigenvalue weighted by atomic mass is 9.69. The number of para-hydroxylation sites is 3. The Labute approximate surface area is 148 Å². The Balaban J connectivity index is 1.87. The van der Waals surface area contributed by atoms with Crippen LogP contribution in [0, 0.1) is 0 Å². The second kappa shape index (κ2) is 5.38. The maximum atomic E-state index is 10.8. The molecule has 0 saturated heterocycles. The Morgan fingerprint density at radius 3 is 2.20 bits per heavy atom. The van der Waals surface area contributed by atoms with Crippen molar-refractivity contribution >= 4 is 17.1 Å². The molecule has 0 aromatic heterocycles. The number of hydrogen-bond donors (Lipinski definition) is 1. The molecular formula is C23H21NO. The highest BCUT2D eigenvalue weighted by Gasteiger charge is 2.45. The lowest BCUT2D eigenvalue weighted by Crippen LogP contribution is -2.33. The predicted molar refractivity (Wildman–Crippen MR) is 102 cm³/mol. The van der Waals surface area contributed by atoms with Gasteiger partial charge in [-0.1, -0.05) is 61.4 Å². The van der Waals surface area contributed by atoms with Crippen LogP contribution in [-0.2, 0) is 5.41 Å². The van der Waals surface area contributed by atoms with Gasteiger partial charge in [-0.3, -0.25) is 0 Å². The quantitative estimate of drug-likeness (QED) is 0.589. The van der Waals surface area contributed by atoms with Gasteiger partial charge in [-0.25, -0.2) is 0 Å². The van der Waals surface area contributed by atoms with Gasteiger partial charge < -0.3 is 10.0 Å². The third-order valence-electron chi connectivity index (χ3n) is 5.89. The van der Waals surface area contributed by atoms with Crippen molar-refractivity contribution in [2.75, 3.05) is 4.90 Å². The zero-order valence-corrected chi connectivity index (χ0v) is 14.2. The van der Waals surface area contributed by atoms with Gasteiger partial charge in [0.05, 0.1) is 11.4 Å². The molecule has 1 N–H and O–H groups in total. The first kappa shape index (κ1) is 14.6. The Bertz CT molecular complexity index is 926. The van der Waals surface area contributed by atoms with Crippen LogP contribution in [0.25, 0.3) is 0 Å². The molecule has 3 aromatic rings. The van der Waals surface area contributed by atoms with E-state index in [1.54, 1.807) is 0 Å². The van der Waals surface area contributed by atoms with E-state index in [0.717, 1.165) is 24.2 Å². The summed E-state index contributed by atoms with van der Waals surface area (Å²) in [7, 11) is 0. The van der Waals surface area contributed by atoms with Gasteiger partial charge in [0.15, 0.2) is 0 Å². The number of benzene rings is 3. The molecule has 1 fully saturated rings. The first-order valence-electron chi connectivity index (χ1n) is 9.08. The van der Waals surface area contributed by atoms with Crippen molar-refractivity contribution in [3.05, 3.63) is 83.9 Å². The van der Waals surface area contributed by atoms with Crippen molar-refractivity contribution in [2.24, 2.45) is 0 Å². The van der Waals surface area contributed by atoms with Crippen LogP contribution in [0.1, 0.15) is 36.8 Å². The van der Waals surface area contributed by atoms with Crippen LogP contribution in [0.3, 0.4) is 0 Å². The van der Waals surface area contributed by atoms with Crippen LogP contribution in [0.5, 0.6) is 5.75 Å². The van der Waals surface area contributed by atoms with Gasteiger partial charge in [0.1, 0.15) is 5.75 Å². The summed E-state index contributed by atoms with van der Waals surface area (Å²) in [6.07, 6.45) is 4.80. The summed E-state index contributed by atoms with van der Waals surface area (Å²) in [6, 6.07) is 25.1. The minimum absolute atomic E-state index is 0.0376. The normalized spacial score (nSPS) is 17.4. The molecule has 1 heterocycles. The minimum Gasteiger partial charge on any atom is -0.506 e. The number of fused-ring (bicyclic) bond motifs is 4. The molecule has 0 atom stereocenters. The minimum atomic E-state index is 0.0376. The third-order valence-corrected chi connectivity index (χ3v) is 5.89. The van der Waals surface area contributed by atoms with Crippen molar-refractivity contribution in [3.63, 3.8) is 0 Å². The molecule has 0 radical (unpaired) electrons. The summed E-state index contributed by atoms with van der Waals surface area (Å²) in [5.41, 5.74) is 5.95. The van der Waals surface area contributed by atoms with Crippen LogP contribution >= 0.6 is 0 Å². The number of phenolic OH excluding ortho intramolecular Hbond substituents is 1. The van der Waals surface area contributed by atoms with E-state index in [1.165, 1.54) is 29.7 Å². The van der Waals surface area contributed by atoms with E-state index in [2.05, 4.69) is 59.5 Å². The highest BCUT2D eigenvalue weighted by molar-refractivity contribution is 5.89. The molecule has 0 bridgehead atoms. The van der Waals surface area contributed by atoms with E-state index in [-0.39, 0.29) is 5.41 Å². The Morgan fingerprint density at radius 2 is 1.40 bits per heavy atom. The maximum absolute atomic E-state index is 10.8. The van der Waals surface area contributed by atoms with Gasteiger partial charge in [-0.15, -0.1) is 0 Å². The molecule has 0 unspecified atom stereocenters. The van der Waals surface area contributed by atoms with Gasteiger partial charge in [0.25, 0.3) is 0 Å². The van der Waals surface area contributed by atoms with Crippen LogP contribution in [0.2, 0.25) is 0 Å². The second-order valence-corrected chi connectivity index (χ2v) is 7.15. The molecule has 124 valence electrons. The summed E-state index contributed by atoms with van der Waals surface area (Å²) in [6.45, 7) is 0. The summed E-state index contributed by atoms with van der Waals surface area (Å²) in [4.78, 5) is 2.23. The molecule has 1 saturated carbocycles. The van der Waals surface area contributed by atoms with Crippen molar-refractivity contribution in [1.82, 2.24) is 0 Å². The Kier molecular flexibility index (Phi) is 3.14. The fraction of sp³-hybridized carbons (Fsp3) is 0.217. The standard InChI is InChI=1S/C23H21NO/c25-21-14-8-12-19-22(21)24(17-9-2-1-3-10-17)20-13-5-4-11-18(20)23(19)15-6-7-16-23/h1-5,8-14,25H,6-7,15-16H2. The number of anilines is 3. The third kappa shape index (κ3) is 1.97. The van der Waals surface area contributed by atoms with Crippen LogP contribution in [-0.4, -0.2) is 5.11 Å². The molecular weight excluding hydrogens is 306 g/mol. The molecule has 1 aliphatic carbocycles. The number of hydrogen-bond acceptors (Lipinski definition) is 2. The molecule has 2 nitrogen and oxygen atoms in total. The highest BCUT2D eigenvalue weighted by Crippen LogP contribution is 2.59. The number of nitrogens with zero attached hydrogens (tertiary/aromatic N) is 1. The Morgan fingerprint density at radius 1 is 0.720 bits per heavy atom. The lowest BCUT2D eigenvalue weighted by molar-refractivity contribution is 0.467. The topological polar surface area (TPSA) is 23.5 Å². The molecule has 2 heteroatoms. The predicted octanol–water partition coefficient (Wildman–Crippen LogP) is 6.04. The van der Waals surface area contributed by atoms with E-state index in [0.29, 0.717) is 5.75 Å². The van der Waals surface area contributed by atoms with Gasteiger partial charge in [-0.2, -0.15) is 0 Å². The van der Waals surface area contributed by atoms with Crippen LogP contribution in [0.15, 0.2) is 72.8 Å². The van der Waals surface area contributed by atoms with E-state index in [1.807, 2.05) is 18.2 Å². The SMILES string of the molecule is Oc1cccc2c1N(c1ccccc1)c1ccccc1C21CCCC1. The summed E-state index contributed by atoms with van der Waals surface area (Å²) in [5.74, 6) is 0.363. The fourth-order valence-electron chi connectivity index (χ4n) is 4.85. The molecule has 0 amide bonds. The summed E-state index contributed by atoms with van der Waals surface area (Å²) in [5, 5.41) is 10.8. The van der Waals surface area contributed by atoms with E-state index in [4.69, 9.17) is 0 Å². The average Bonchev–Trinajstić information content (AvgIpc) is 3.14. The molecule has 3 aromatic carbocycles. The zero-order valence-electron chi connectivity index (χ0n) is 14.2. The summed E-state index contributed by atoms with van der Waals surface area (Å²) < 4.78 is 0. The monoisotopic (exact) mass is 327 g/mol. The molecule has 25 heavy (non-hydrogen) atoms. The molecule has 5 rings (SSSR count). The zero-order chi connectivity index (χ0) is 16.9. The van der Waals surface area contributed by atoms with Crippen LogP contribution < -0.4 is 4.90 Å². The number of rotatable bonds is 1. The Hall–Kier alpha value is -2.74. The molecule has 1 aliphatic heterocycles. The first-order valence-corrected chi connectivity index (χ1v) is 9.08. The number of phenols is 1. The lowest BCUT2D eigenvalue weighted by Gasteiger charge is -2.44. The highest BCUT2D eigenvalue weighted by atomic mass is 16.3. The molecule has 2 aliphatic rings. The van der Waals surface area contributed by atoms with E-state index in [9.17, 15) is 5.11 Å². The van der Waals surface area contributed by atoms with Crippen molar-refractivity contribution in [2.45, 2.75) is 31.1 Å². The van der Waals surface area contributed by atoms with Gasteiger partial charge >= 0.3 is 0 Å². The second-order valence-electron chi connectivity index (χ2n) is 7.15. The van der Waals surface area contributed by atoms with Gasteiger partial charge in [0, 0.05) is 11.1 Å². The smallest absolute Gasteiger partial charge is 0.139 e. The largest absolute Gasteiger partial charge is 0.506 e. The first-order chi connectivity index (χ1) is 12.3. The van der Waals surface area contributed by atoms with Crippen molar-refractivity contribution in [3.8, 4) is 5.75 Å². The van der Waals surface area contributed by atoms with Crippen molar-refractivity contribution in [1.29, 1.82) is 0 Å². The summed E-state index contributed by atoms with van der Waals surface area (Å²) >= 11 is 0. The molecule has 1 spiro atoms. The average molecular weight is 327 g/mol. The van der Waals surface area contributed by atoms with Gasteiger partial charge in [0.2, 0.25) is 0 Å². The van der Waals surface area contributed by atoms with Crippen molar-refractivity contribution < 1.29 is 5.11 Å². The van der Waals surface area contributed by atoms with Gasteiger partial charge in [-0.05, 0) is 48.2 Å². The fourth-order valence-corrected chi connectivity index (χ4v) is 4.85. The maximum Gasteiger partial charge on any atom is 0.139 e. The number of aromatic hydroxyl groups is 1.